The maximum absolute atomic E-state index is 14.8. The van der Waals surface area contributed by atoms with E-state index in [0.29, 0.717) is 12.3 Å². The standard InChI is InChI=1S/C36H52F2/c1-2-3-7-10-28-12-14-29(15-13-28)30-16-18-31(19-17-30)32-20-22-33(23-21-32)35-25-24-34(36(38)27-35)11-8-5-4-6-9-26-37/h20-25,27-31H,2-19,26H2,1H3. The molecular weight excluding hydrogens is 470 g/mol. The van der Waals surface area contributed by atoms with Crippen LogP contribution in [0.5, 0.6) is 0 Å². The third-order valence-corrected chi connectivity index (χ3v) is 9.89. The zero-order chi connectivity index (χ0) is 26.6. The van der Waals surface area contributed by atoms with Gasteiger partial charge in [0.05, 0.1) is 6.67 Å². The van der Waals surface area contributed by atoms with E-state index in [1.807, 2.05) is 6.07 Å². The van der Waals surface area contributed by atoms with Crippen LogP contribution in [0.2, 0.25) is 0 Å². The topological polar surface area (TPSA) is 0 Å². The summed E-state index contributed by atoms with van der Waals surface area (Å²) in [7, 11) is 0. The zero-order valence-corrected chi connectivity index (χ0v) is 24.0. The maximum atomic E-state index is 14.8. The molecule has 0 bridgehead atoms. The summed E-state index contributed by atoms with van der Waals surface area (Å²) in [5, 5.41) is 0. The number of hydrogen-bond acceptors (Lipinski definition) is 0. The van der Waals surface area contributed by atoms with Crippen LogP contribution in [0.25, 0.3) is 11.1 Å². The van der Waals surface area contributed by atoms with Crippen LogP contribution in [-0.2, 0) is 6.42 Å². The predicted molar refractivity (Wildman–Crippen MR) is 159 cm³/mol. The Bertz CT molecular complexity index is 917. The fourth-order valence-electron chi connectivity index (χ4n) is 7.37. The van der Waals surface area contributed by atoms with Gasteiger partial charge < -0.3 is 0 Å². The molecule has 0 saturated heterocycles. The van der Waals surface area contributed by atoms with Crippen molar-refractivity contribution in [3.05, 3.63) is 59.4 Å². The van der Waals surface area contributed by atoms with E-state index in [4.69, 9.17) is 0 Å². The van der Waals surface area contributed by atoms with Crippen molar-refractivity contribution in [1.29, 1.82) is 0 Å². The van der Waals surface area contributed by atoms with Crippen molar-refractivity contribution in [3.63, 3.8) is 0 Å². The minimum atomic E-state index is -0.224. The van der Waals surface area contributed by atoms with Gasteiger partial charge in [0.25, 0.3) is 0 Å². The molecule has 38 heavy (non-hydrogen) atoms. The molecule has 2 heteroatoms. The molecule has 2 saturated carbocycles. The minimum Gasteiger partial charge on any atom is -0.251 e. The Kier molecular flexibility index (Phi) is 12.2. The highest BCUT2D eigenvalue weighted by atomic mass is 19.1. The van der Waals surface area contributed by atoms with E-state index < -0.39 is 0 Å². The van der Waals surface area contributed by atoms with Crippen LogP contribution >= 0.6 is 0 Å². The van der Waals surface area contributed by atoms with Crippen LogP contribution in [-0.4, -0.2) is 6.67 Å². The number of halogens is 2. The van der Waals surface area contributed by atoms with Crippen molar-refractivity contribution in [3.8, 4) is 11.1 Å². The lowest BCUT2D eigenvalue weighted by Crippen LogP contribution is -2.25. The van der Waals surface area contributed by atoms with Crippen molar-refractivity contribution >= 4 is 0 Å². The summed E-state index contributed by atoms with van der Waals surface area (Å²) in [5.74, 6) is 3.55. The van der Waals surface area contributed by atoms with Crippen molar-refractivity contribution in [2.45, 2.75) is 128 Å². The summed E-state index contributed by atoms with van der Waals surface area (Å²) in [4.78, 5) is 0. The summed E-state index contributed by atoms with van der Waals surface area (Å²) in [6.07, 6.45) is 22.5. The van der Waals surface area contributed by atoms with Crippen LogP contribution in [0.15, 0.2) is 42.5 Å². The Hall–Kier alpha value is -1.70. The van der Waals surface area contributed by atoms with Crippen LogP contribution < -0.4 is 0 Å². The SMILES string of the molecule is CCCCCC1CCC(C2CCC(c3ccc(-c4ccc(CCCCCCCF)c(F)c4)cc3)CC2)CC1. The Balaban J connectivity index is 1.21. The lowest BCUT2D eigenvalue weighted by Gasteiger charge is -2.38. The van der Waals surface area contributed by atoms with Crippen LogP contribution in [0.4, 0.5) is 8.78 Å². The highest BCUT2D eigenvalue weighted by Crippen LogP contribution is 2.44. The molecule has 2 fully saturated rings. The van der Waals surface area contributed by atoms with E-state index in [2.05, 4.69) is 37.3 Å². The van der Waals surface area contributed by atoms with Crippen molar-refractivity contribution < 1.29 is 8.78 Å². The number of unbranched alkanes of at least 4 members (excludes halogenated alkanes) is 6. The molecule has 2 aliphatic carbocycles. The summed E-state index contributed by atoms with van der Waals surface area (Å²) in [6.45, 7) is 2.09. The fourth-order valence-corrected chi connectivity index (χ4v) is 7.37. The van der Waals surface area contributed by atoms with Gasteiger partial charge in [-0.25, -0.2) is 4.39 Å². The highest BCUT2D eigenvalue weighted by Gasteiger charge is 2.31. The number of benzene rings is 2. The van der Waals surface area contributed by atoms with E-state index >= 15 is 0 Å². The second-order valence-corrected chi connectivity index (χ2v) is 12.5. The van der Waals surface area contributed by atoms with Gasteiger partial charge in [-0.3, -0.25) is 4.39 Å². The molecule has 0 N–H and O–H groups in total. The Morgan fingerprint density at radius 2 is 1.29 bits per heavy atom. The first-order valence-electron chi connectivity index (χ1n) is 16.1. The third kappa shape index (κ3) is 8.65. The molecule has 0 heterocycles. The number of hydrogen-bond donors (Lipinski definition) is 0. The smallest absolute Gasteiger partial charge is 0.127 e. The van der Waals surface area contributed by atoms with E-state index in [-0.39, 0.29) is 12.5 Å². The quantitative estimate of drug-likeness (QED) is 0.216. The monoisotopic (exact) mass is 522 g/mol. The van der Waals surface area contributed by atoms with Crippen LogP contribution in [0.3, 0.4) is 0 Å². The van der Waals surface area contributed by atoms with E-state index in [1.165, 1.54) is 82.6 Å². The van der Waals surface area contributed by atoms with Gasteiger partial charge >= 0.3 is 0 Å². The molecule has 4 rings (SSSR count). The number of alkyl halides is 1. The Morgan fingerprint density at radius 3 is 1.95 bits per heavy atom. The second kappa shape index (κ2) is 15.8. The predicted octanol–water partition coefficient (Wildman–Crippen LogP) is 11.6. The highest BCUT2D eigenvalue weighted by molar-refractivity contribution is 5.64. The zero-order valence-electron chi connectivity index (χ0n) is 24.0. The minimum absolute atomic E-state index is 0.0938. The largest absolute Gasteiger partial charge is 0.251 e. The number of rotatable bonds is 14. The molecule has 0 radical (unpaired) electrons. The molecule has 0 aromatic heterocycles. The molecule has 210 valence electrons. The van der Waals surface area contributed by atoms with Crippen LogP contribution in [0.1, 0.15) is 133 Å². The van der Waals surface area contributed by atoms with Gasteiger partial charge in [0, 0.05) is 0 Å². The molecule has 2 aliphatic rings. The average molecular weight is 523 g/mol. The van der Waals surface area contributed by atoms with Crippen molar-refractivity contribution in [1.82, 2.24) is 0 Å². The summed E-state index contributed by atoms with van der Waals surface area (Å²) in [5.41, 5.74) is 4.35. The first-order valence-corrected chi connectivity index (χ1v) is 16.1. The summed E-state index contributed by atoms with van der Waals surface area (Å²) < 4.78 is 27.0. The first-order chi connectivity index (χ1) is 18.7. The van der Waals surface area contributed by atoms with Gasteiger partial charge in [0.15, 0.2) is 0 Å². The van der Waals surface area contributed by atoms with Crippen LogP contribution in [0, 0.1) is 23.6 Å². The molecular formula is C36H52F2. The van der Waals surface area contributed by atoms with Gasteiger partial charge in [-0.1, -0.05) is 101 Å². The van der Waals surface area contributed by atoms with E-state index in [1.54, 1.807) is 6.07 Å². The molecule has 0 amide bonds. The number of aryl methyl sites for hydroxylation is 1. The molecule has 0 atom stereocenters. The molecule has 0 spiro atoms. The Morgan fingerprint density at radius 1 is 0.658 bits per heavy atom. The average Bonchev–Trinajstić information content (AvgIpc) is 2.96. The van der Waals surface area contributed by atoms with Gasteiger partial charge in [0.2, 0.25) is 0 Å². The van der Waals surface area contributed by atoms with Crippen molar-refractivity contribution in [2.24, 2.45) is 17.8 Å². The van der Waals surface area contributed by atoms with Gasteiger partial charge in [-0.2, -0.15) is 0 Å². The van der Waals surface area contributed by atoms with Gasteiger partial charge in [-0.15, -0.1) is 0 Å². The normalized spacial score (nSPS) is 24.0. The fraction of sp³-hybridized carbons (Fsp3) is 0.667. The lowest BCUT2D eigenvalue weighted by molar-refractivity contribution is 0.155. The molecule has 2 aromatic carbocycles. The molecule has 0 nitrogen and oxygen atoms in total. The summed E-state index contributed by atoms with van der Waals surface area (Å²) in [6, 6.07) is 14.7. The third-order valence-electron chi connectivity index (χ3n) is 9.89. The molecule has 2 aromatic rings. The first kappa shape index (κ1) is 29.3. The maximum Gasteiger partial charge on any atom is 0.127 e. The Labute approximate surface area is 232 Å². The van der Waals surface area contributed by atoms with Gasteiger partial charge in [-0.05, 0) is 110 Å². The van der Waals surface area contributed by atoms with E-state index in [9.17, 15) is 8.78 Å². The molecule has 0 unspecified atom stereocenters. The summed E-state index contributed by atoms with van der Waals surface area (Å²) >= 11 is 0. The lowest BCUT2D eigenvalue weighted by atomic mass is 9.68. The van der Waals surface area contributed by atoms with Gasteiger partial charge in [0.1, 0.15) is 5.82 Å². The van der Waals surface area contributed by atoms with E-state index in [0.717, 1.165) is 66.5 Å². The molecule has 0 aliphatic heterocycles. The van der Waals surface area contributed by atoms with Crippen molar-refractivity contribution in [2.75, 3.05) is 6.67 Å². The second-order valence-electron chi connectivity index (χ2n) is 12.5.